The monoisotopic (exact) mass is 274 g/mol. The van der Waals surface area contributed by atoms with Crippen molar-refractivity contribution in [2.24, 2.45) is 11.8 Å². The fourth-order valence-corrected chi connectivity index (χ4v) is 3.74. The molecule has 1 nitrogen and oxygen atoms in total. The topological polar surface area (TPSA) is 20.2 Å². The minimum absolute atomic E-state index is 0.509. The van der Waals surface area contributed by atoms with Crippen molar-refractivity contribution >= 4 is 22.9 Å². The molecule has 1 N–H and O–H groups in total. The predicted octanol–water partition coefficient (Wildman–Crippen LogP) is 4.77. The second-order valence-electron chi connectivity index (χ2n) is 5.80. The first-order valence-electron chi connectivity index (χ1n) is 6.27. The lowest BCUT2D eigenvalue weighted by molar-refractivity contribution is 0.00143. The molecule has 1 aromatic heterocycles. The van der Waals surface area contributed by atoms with Crippen molar-refractivity contribution in [3.8, 4) is 0 Å². The van der Waals surface area contributed by atoms with Gasteiger partial charge in [-0.05, 0) is 36.8 Å². The fraction of sp³-hybridized carbons (Fsp3) is 0.714. The number of hydrogen-bond acceptors (Lipinski definition) is 2. The molecular formula is C14H23ClOS. The highest BCUT2D eigenvalue weighted by Crippen LogP contribution is 2.32. The maximum atomic E-state index is 10.8. The smallest absolute Gasteiger partial charge is 0.0931 e. The number of halogens is 1. The molecule has 1 heterocycles. The van der Waals surface area contributed by atoms with Gasteiger partial charge in [-0.1, -0.05) is 39.3 Å². The molecule has 0 aromatic carbocycles. The Morgan fingerprint density at radius 1 is 1.18 bits per heavy atom. The Kier molecular flexibility index (Phi) is 5.49. The molecule has 1 aromatic rings. The van der Waals surface area contributed by atoms with Gasteiger partial charge in [0, 0.05) is 11.3 Å². The second kappa shape index (κ2) is 6.21. The van der Waals surface area contributed by atoms with E-state index >= 15 is 0 Å². The minimum atomic E-state index is -0.587. The van der Waals surface area contributed by atoms with Crippen LogP contribution in [-0.4, -0.2) is 10.7 Å². The predicted molar refractivity (Wildman–Crippen MR) is 76.9 cm³/mol. The Morgan fingerprint density at radius 2 is 1.71 bits per heavy atom. The zero-order valence-electron chi connectivity index (χ0n) is 11.2. The van der Waals surface area contributed by atoms with Gasteiger partial charge in [0.25, 0.3) is 0 Å². The molecule has 0 unspecified atom stereocenters. The highest BCUT2D eigenvalue weighted by molar-refractivity contribution is 7.16. The van der Waals surface area contributed by atoms with Gasteiger partial charge in [-0.25, -0.2) is 0 Å². The fourth-order valence-electron chi connectivity index (χ4n) is 2.52. The van der Waals surface area contributed by atoms with Crippen molar-refractivity contribution in [3.05, 3.63) is 21.3 Å². The Hall–Kier alpha value is -0.0500. The summed E-state index contributed by atoms with van der Waals surface area (Å²) in [6.45, 7) is 8.64. The van der Waals surface area contributed by atoms with Crippen LogP contribution in [0.2, 0.25) is 4.34 Å². The lowest BCUT2D eigenvalue weighted by Gasteiger charge is -2.31. The summed E-state index contributed by atoms with van der Waals surface area (Å²) in [5.74, 6) is 1.02. The standard InChI is InChI=1S/C14H23ClOS/c1-10(2)7-14(16,8-11(3)4)9-12-5-6-13(15)17-12/h5-6,10-11,16H,7-9H2,1-4H3. The molecule has 0 aliphatic heterocycles. The third-order valence-corrected chi connectivity index (χ3v) is 3.94. The molecule has 0 bridgehead atoms. The summed E-state index contributed by atoms with van der Waals surface area (Å²) in [4.78, 5) is 1.18. The average molecular weight is 275 g/mol. The van der Waals surface area contributed by atoms with E-state index in [2.05, 4.69) is 27.7 Å². The van der Waals surface area contributed by atoms with Crippen LogP contribution in [0, 0.1) is 11.8 Å². The number of rotatable bonds is 6. The summed E-state index contributed by atoms with van der Waals surface area (Å²) in [6, 6.07) is 3.94. The Balaban J connectivity index is 2.75. The van der Waals surface area contributed by atoms with E-state index in [1.807, 2.05) is 12.1 Å². The van der Waals surface area contributed by atoms with Crippen LogP contribution < -0.4 is 0 Å². The molecule has 0 saturated heterocycles. The summed E-state index contributed by atoms with van der Waals surface area (Å²) in [6.07, 6.45) is 2.42. The van der Waals surface area contributed by atoms with Gasteiger partial charge in [-0.15, -0.1) is 11.3 Å². The van der Waals surface area contributed by atoms with Crippen LogP contribution in [-0.2, 0) is 6.42 Å². The van der Waals surface area contributed by atoms with Crippen LogP contribution in [0.5, 0.6) is 0 Å². The van der Waals surface area contributed by atoms with E-state index in [0.717, 1.165) is 23.6 Å². The summed E-state index contributed by atoms with van der Waals surface area (Å²) in [5.41, 5.74) is -0.587. The van der Waals surface area contributed by atoms with E-state index in [4.69, 9.17) is 11.6 Å². The Morgan fingerprint density at radius 3 is 2.06 bits per heavy atom. The SMILES string of the molecule is CC(C)CC(O)(Cc1ccc(Cl)s1)CC(C)C. The van der Waals surface area contributed by atoms with E-state index in [9.17, 15) is 5.11 Å². The first-order valence-corrected chi connectivity index (χ1v) is 7.47. The third kappa shape index (κ3) is 5.41. The first kappa shape index (κ1) is 15.0. The third-order valence-electron chi connectivity index (χ3n) is 2.71. The van der Waals surface area contributed by atoms with Crippen LogP contribution in [0.1, 0.15) is 45.4 Å². The number of thiophene rings is 1. The van der Waals surface area contributed by atoms with E-state index in [1.54, 1.807) is 11.3 Å². The molecule has 0 aliphatic rings. The maximum Gasteiger partial charge on any atom is 0.0931 e. The summed E-state index contributed by atoms with van der Waals surface area (Å²) < 4.78 is 0.802. The molecule has 17 heavy (non-hydrogen) atoms. The van der Waals surface area contributed by atoms with Crippen molar-refractivity contribution < 1.29 is 5.11 Å². The van der Waals surface area contributed by atoms with Gasteiger partial charge < -0.3 is 5.11 Å². The van der Waals surface area contributed by atoms with Crippen LogP contribution in [0.15, 0.2) is 12.1 Å². The molecule has 3 heteroatoms. The second-order valence-corrected chi connectivity index (χ2v) is 7.60. The van der Waals surface area contributed by atoms with Crippen LogP contribution in [0.25, 0.3) is 0 Å². The Labute approximate surface area is 114 Å². The molecule has 0 atom stereocenters. The summed E-state index contributed by atoms with van der Waals surface area (Å²) in [7, 11) is 0. The highest BCUT2D eigenvalue weighted by Gasteiger charge is 2.29. The van der Waals surface area contributed by atoms with E-state index in [0.29, 0.717) is 11.8 Å². The van der Waals surface area contributed by atoms with Crippen molar-refractivity contribution in [1.29, 1.82) is 0 Å². The lowest BCUT2D eigenvalue weighted by atomic mass is 9.82. The van der Waals surface area contributed by atoms with Gasteiger partial charge in [-0.2, -0.15) is 0 Å². The molecule has 98 valence electrons. The molecule has 0 aliphatic carbocycles. The largest absolute Gasteiger partial charge is 0.389 e. The molecule has 0 radical (unpaired) electrons. The first-order chi connectivity index (χ1) is 7.81. The Bertz CT molecular complexity index is 334. The molecule has 0 saturated carbocycles. The zero-order valence-corrected chi connectivity index (χ0v) is 12.7. The normalized spacial score (nSPS) is 12.7. The van der Waals surface area contributed by atoms with Gasteiger partial charge >= 0.3 is 0 Å². The summed E-state index contributed by atoms with van der Waals surface area (Å²) in [5, 5.41) is 10.8. The number of hydrogen-bond donors (Lipinski definition) is 1. The van der Waals surface area contributed by atoms with E-state index < -0.39 is 5.60 Å². The zero-order chi connectivity index (χ0) is 13.1. The number of aliphatic hydroxyl groups is 1. The van der Waals surface area contributed by atoms with Crippen LogP contribution in [0.3, 0.4) is 0 Å². The molecule has 1 rings (SSSR count). The van der Waals surface area contributed by atoms with Crippen molar-refractivity contribution in [1.82, 2.24) is 0 Å². The highest BCUT2D eigenvalue weighted by atomic mass is 35.5. The van der Waals surface area contributed by atoms with Crippen molar-refractivity contribution in [2.45, 2.75) is 52.6 Å². The van der Waals surface area contributed by atoms with Gasteiger partial charge in [0.15, 0.2) is 0 Å². The van der Waals surface area contributed by atoms with Crippen molar-refractivity contribution in [2.75, 3.05) is 0 Å². The molecule has 0 amide bonds. The maximum absolute atomic E-state index is 10.8. The van der Waals surface area contributed by atoms with Crippen molar-refractivity contribution in [3.63, 3.8) is 0 Å². The lowest BCUT2D eigenvalue weighted by Crippen LogP contribution is -2.34. The molecule has 0 spiro atoms. The van der Waals surface area contributed by atoms with Gasteiger partial charge in [-0.3, -0.25) is 0 Å². The molecule has 0 fully saturated rings. The van der Waals surface area contributed by atoms with E-state index in [1.165, 1.54) is 4.88 Å². The van der Waals surface area contributed by atoms with Gasteiger partial charge in [0.2, 0.25) is 0 Å². The van der Waals surface area contributed by atoms with Gasteiger partial charge in [0.1, 0.15) is 0 Å². The summed E-state index contributed by atoms with van der Waals surface area (Å²) >= 11 is 7.51. The average Bonchev–Trinajstić information content (AvgIpc) is 2.46. The molecular weight excluding hydrogens is 252 g/mol. The quantitative estimate of drug-likeness (QED) is 0.792. The van der Waals surface area contributed by atoms with E-state index in [-0.39, 0.29) is 0 Å². The minimum Gasteiger partial charge on any atom is -0.389 e. The van der Waals surface area contributed by atoms with Crippen LogP contribution >= 0.6 is 22.9 Å². The van der Waals surface area contributed by atoms with Crippen LogP contribution in [0.4, 0.5) is 0 Å². The van der Waals surface area contributed by atoms with Gasteiger partial charge in [0.05, 0.1) is 9.94 Å².